The Bertz CT molecular complexity index is 1450. The molecule has 10 nitrogen and oxygen atoms in total. The molecular formula is C24H21N5O5S. The van der Waals surface area contributed by atoms with Crippen LogP contribution in [0.15, 0.2) is 83.9 Å². The summed E-state index contributed by atoms with van der Waals surface area (Å²) in [6, 6.07) is 20.1. The van der Waals surface area contributed by atoms with Gasteiger partial charge in [0.2, 0.25) is 0 Å². The number of anilines is 2. The van der Waals surface area contributed by atoms with Gasteiger partial charge in [0.1, 0.15) is 0 Å². The zero-order valence-corrected chi connectivity index (χ0v) is 19.2. The molecular weight excluding hydrogens is 470 g/mol. The maximum absolute atomic E-state index is 12.8. The van der Waals surface area contributed by atoms with Crippen LogP contribution in [0.25, 0.3) is 5.69 Å². The van der Waals surface area contributed by atoms with E-state index in [1.54, 1.807) is 30.3 Å². The third-order valence-corrected chi connectivity index (χ3v) is 6.55. The van der Waals surface area contributed by atoms with E-state index in [-0.39, 0.29) is 10.6 Å². The van der Waals surface area contributed by atoms with Gasteiger partial charge in [-0.25, -0.2) is 13.1 Å². The van der Waals surface area contributed by atoms with Crippen LogP contribution in [-0.2, 0) is 10.0 Å². The van der Waals surface area contributed by atoms with Gasteiger partial charge in [-0.1, -0.05) is 23.4 Å². The number of benzene rings is 3. The number of amides is 1. The second-order valence-electron chi connectivity index (χ2n) is 7.68. The van der Waals surface area contributed by atoms with Crippen molar-refractivity contribution in [2.24, 2.45) is 0 Å². The number of ether oxygens (including phenoxy) is 2. The topological polar surface area (TPSA) is 124 Å². The highest BCUT2D eigenvalue weighted by atomic mass is 32.2. The van der Waals surface area contributed by atoms with Crippen LogP contribution in [0.4, 0.5) is 11.4 Å². The van der Waals surface area contributed by atoms with Gasteiger partial charge >= 0.3 is 0 Å². The molecule has 0 saturated heterocycles. The summed E-state index contributed by atoms with van der Waals surface area (Å²) in [5, 5.41) is 10.6. The molecule has 2 heterocycles. The number of nitrogens with one attached hydrogen (secondary N) is 2. The molecule has 0 bridgehead atoms. The predicted molar refractivity (Wildman–Crippen MR) is 129 cm³/mol. The quantitative estimate of drug-likeness (QED) is 0.423. The molecule has 0 spiro atoms. The maximum Gasteiger partial charge on any atom is 0.277 e. The van der Waals surface area contributed by atoms with Crippen molar-refractivity contribution in [2.75, 3.05) is 23.3 Å². The summed E-state index contributed by atoms with van der Waals surface area (Å²) in [5.41, 5.74) is 1.74. The molecule has 4 aromatic rings. The zero-order chi connectivity index (χ0) is 24.3. The summed E-state index contributed by atoms with van der Waals surface area (Å²) >= 11 is 0. The molecule has 0 aliphatic carbocycles. The fraction of sp³-hybridized carbons (Fsp3) is 0.125. The van der Waals surface area contributed by atoms with E-state index >= 15 is 0 Å². The van der Waals surface area contributed by atoms with E-state index in [0.29, 0.717) is 36.1 Å². The number of carbonyl (C=O) groups is 1. The smallest absolute Gasteiger partial charge is 0.277 e. The van der Waals surface area contributed by atoms with Crippen LogP contribution in [0.1, 0.15) is 16.9 Å². The number of rotatable bonds is 6. The van der Waals surface area contributed by atoms with Gasteiger partial charge in [0.25, 0.3) is 15.9 Å². The lowest BCUT2D eigenvalue weighted by Gasteiger charge is -2.12. The Hall–Kier alpha value is -4.38. The molecule has 5 rings (SSSR count). The summed E-state index contributed by atoms with van der Waals surface area (Å²) in [4.78, 5) is 12.6. The lowest BCUT2D eigenvalue weighted by molar-refractivity contribution is 0.102. The van der Waals surface area contributed by atoms with Crippen LogP contribution < -0.4 is 19.5 Å². The number of hydrogen-bond donors (Lipinski definition) is 2. The molecule has 0 saturated carbocycles. The first kappa shape index (κ1) is 22.4. The third-order valence-electron chi connectivity index (χ3n) is 5.17. The van der Waals surface area contributed by atoms with E-state index in [2.05, 4.69) is 20.4 Å². The fourth-order valence-corrected chi connectivity index (χ4v) is 4.49. The minimum atomic E-state index is -3.86. The Morgan fingerprint density at radius 2 is 1.60 bits per heavy atom. The first-order valence-corrected chi connectivity index (χ1v) is 12.3. The average molecular weight is 492 g/mol. The van der Waals surface area contributed by atoms with Crippen molar-refractivity contribution >= 4 is 27.3 Å². The molecule has 1 amide bonds. The average Bonchev–Trinajstić information content (AvgIpc) is 3.25. The second kappa shape index (κ2) is 9.47. The Labute approximate surface area is 201 Å². The van der Waals surface area contributed by atoms with Crippen LogP contribution in [0.3, 0.4) is 0 Å². The highest BCUT2D eigenvalue weighted by Gasteiger charge is 2.19. The minimum Gasteiger partial charge on any atom is -0.490 e. The van der Waals surface area contributed by atoms with Gasteiger partial charge in [-0.2, -0.15) is 0 Å². The van der Waals surface area contributed by atoms with Gasteiger partial charge < -0.3 is 14.8 Å². The number of fused-ring (bicyclic) bond motifs is 1. The van der Waals surface area contributed by atoms with E-state index in [1.165, 1.54) is 23.0 Å². The first-order chi connectivity index (χ1) is 17.0. The Balaban J connectivity index is 1.25. The molecule has 35 heavy (non-hydrogen) atoms. The molecule has 0 unspecified atom stereocenters. The van der Waals surface area contributed by atoms with Crippen molar-refractivity contribution < 1.29 is 22.7 Å². The molecule has 2 N–H and O–H groups in total. The number of aromatic nitrogens is 3. The van der Waals surface area contributed by atoms with Gasteiger partial charge in [0.05, 0.1) is 30.0 Å². The highest BCUT2D eigenvalue weighted by Crippen LogP contribution is 2.32. The monoisotopic (exact) mass is 491 g/mol. The number of carbonyl (C=O) groups excluding carboxylic acids is 1. The van der Waals surface area contributed by atoms with Crippen molar-refractivity contribution in [3.05, 3.63) is 84.7 Å². The Kier molecular flexibility index (Phi) is 6.06. The SMILES string of the molecule is O=C(Nc1ccc(NS(=O)(=O)c2ccc3c(c2)OCCCO3)cc1)c1cn(-c2ccccc2)nn1. The van der Waals surface area contributed by atoms with Crippen molar-refractivity contribution in [3.8, 4) is 17.2 Å². The summed E-state index contributed by atoms with van der Waals surface area (Å²) < 4.78 is 40.9. The number of nitrogens with zero attached hydrogens (tertiary/aromatic N) is 3. The molecule has 0 fully saturated rings. The second-order valence-corrected chi connectivity index (χ2v) is 9.36. The Morgan fingerprint density at radius 3 is 2.37 bits per heavy atom. The largest absolute Gasteiger partial charge is 0.490 e. The highest BCUT2D eigenvalue weighted by molar-refractivity contribution is 7.92. The van der Waals surface area contributed by atoms with Crippen LogP contribution in [0.2, 0.25) is 0 Å². The lowest BCUT2D eigenvalue weighted by atomic mass is 10.3. The van der Waals surface area contributed by atoms with Crippen LogP contribution in [0.5, 0.6) is 11.5 Å². The van der Waals surface area contributed by atoms with Crippen LogP contribution in [-0.4, -0.2) is 42.5 Å². The Morgan fingerprint density at radius 1 is 0.886 bits per heavy atom. The molecule has 1 aromatic heterocycles. The molecule has 0 atom stereocenters. The normalized spacial score (nSPS) is 13.0. The molecule has 1 aliphatic heterocycles. The van der Waals surface area contributed by atoms with E-state index in [1.807, 2.05) is 30.3 Å². The first-order valence-electron chi connectivity index (χ1n) is 10.8. The standard InChI is InChI=1S/C24H21N5O5S/c30-24(21-16-29(28-26-21)19-5-2-1-3-6-19)25-17-7-9-18(10-8-17)27-35(31,32)20-11-12-22-23(15-20)34-14-4-13-33-22/h1-3,5-12,15-16,27H,4,13-14H2,(H,25,30). The van der Waals surface area contributed by atoms with E-state index in [0.717, 1.165) is 12.1 Å². The van der Waals surface area contributed by atoms with E-state index < -0.39 is 15.9 Å². The van der Waals surface area contributed by atoms with Crippen molar-refractivity contribution in [2.45, 2.75) is 11.3 Å². The predicted octanol–water partition coefficient (Wildman–Crippen LogP) is 3.48. The summed E-state index contributed by atoms with van der Waals surface area (Å²) in [7, 11) is -3.86. The molecule has 1 aliphatic rings. The molecule has 0 radical (unpaired) electrons. The maximum atomic E-state index is 12.8. The van der Waals surface area contributed by atoms with Crippen LogP contribution in [0, 0.1) is 0 Å². The van der Waals surface area contributed by atoms with Crippen molar-refractivity contribution in [1.82, 2.24) is 15.0 Å². The van der Waals surface area contributed by atoms with Gasteiger partial charge in [-0.3, -0.25) is 9.52 Å². The minimum absolute atomic E-state index is 0.0561. The molecule has 3 aromatic carbocycles. The number of para-hydroxylation sites is 1. The van der Waals surface area contributed by atoms with Crippen molar-refractivity contribution in [1.29, 1.82) is 0 Å². The van der Waals surface area contributed by atoms with Gasteiger partial charge in [0, 0.05) is 23.9 Å². The molecule has 11 heteroatoms. The van der Waals surface area contributed by atoms with Gasteiger partial charge in [-0.15, -0.1) is 5.10 Å². The summed E-state index contributed by atoms with van der Waals surface area (Å²) in [6.07, 6.45) is 2.26. The fourth-order valence-electron chi connectivity index (χ4n) is 3.42. The number of sulfonamides is 1. The zero-order valence-electron chi connectivity index (χ0n) is 18.4. The van der Waals surface area contributed by atoms with Crippen molar-refractivity contribution in [3.63, 3.8) is 0 Å². The van der Waals surface area contributed by atoms with Gasteiger partial charge in [-0.05, 0) is 48.5 Å². The summed E-state index contributed by atoms with van der Waals surface area (Å²) in [5.74, 6) is 0.477. The molecule has 178 valence electrons. The summed E-state index contributed by atoms with van der Waals surface area (Å²) in [6.45, 7) is 0.978. The van der Waals surface area contributed by atoms with E-state index in [9.17, 15) is 13.2 Å². The third kappa shape index (κ3) is 5.09. The lowest BCUT2D eigenvalue weighted by Crippen LogP contribution is -2.14. The van der Waals surface area contributed by atoms with E-state index in [4.69, 9.17) is 9.47 Å². The van der Waals surface area contributed by atoms with Gasteiger partial charge in [0.15, 0.2) is 17.2 Å². The van der Waals surface area contributed by atoms with Crippen LogP contribution >= 0.6 is 0 Å². The number of hydrogen-bond acceptors (Lipinski definition) is 7.